The highest BCUT2D eigenvalue weighted by Crippen LogP contribution is 2.37. The molecule has 1 aliphatic heterocycles. The minimum Gasteiger partial charge on any atom is -0.380 e. The fraction of sp³-hybridized carbons (Fsp3) is 0.822. The highest BCUT2D eigenvalue weighted by molar-refractivity contribution is 6.08. The van der Waals surface area contributed by atoms with E-state index in [-0.39, 0.29) is 114 Å². The SMILES string of the molecule is CC(C(=O)N[C@@H](CN)C(=O)C(C)(C)C)C(C)(C)C.CC(C)(C)C(=O)C(CN)N1C(=O)CC(C(C)(C)C)C1=O.COC(CC(=O)N[C@@H](CN)C(=O)C(C)(C)C)C(C)(C)C.O=C=O. The number of hydrogen-bond donors (Lipinski definition) is 5. The van der Waals surface area contributed by atoms with Crippen molar-refractivity contribution < 1.29 is 47.9 Å². The third-order valence-electron chi connectivity index (χ3n) is 10.4. The molecule has 1 rings (SSSR count). The Hall–Kier alpha value is -3.69. The smallest absolute Gasteiger partial charge is 0.373 e. The topological polar surface area (TPSA) is 268 Å². The normalized spacial score (nSPS) is 17.3. The number of Topliss-reactive ketones (excluding diaryl/α,β-unsaturated/α-hetero) is 3. The molecule has 0 aromatic heterocycles. The number of nitrogens with two attached hydrogens (primary N) is 3. The molecule has 0 aromatic rings. The van der Waals surface area contributed by atoms with Gasteiger partial charge in [-0.05, 0) is 16.2 Å². The van der Waals surface area contributed by atoms with E-state index < -0.39 is 34.4 Å². The van der Waals surface area contributed by atoms with Gasteiger partial charge >= 0.3 is 6.15 Å². The minimum absolute atomic E-state index is 0.0234. The van der Waals surface area contributed by atoms with E-state index in [1.807, 2.05) is 111 Å². The first kappa shape index (κ1) is 61.6. The molecule has 1 fully saturated rings. The molecular weight excluding hydrogens is 785 g/mol. The maximum atomic E-state index is 12.5. The van der Waals surface area contributed by atoms with Gasteiger partial charge in [-0.15, -0.1) is 0 Å². The van der Waals surface area contributed by atoms with Gasteiger partial charge in [0, 0.05) is 55.3 Å². The number of nitrogens with zero attached hydrogens (tertiary/aromatic N) is 1. The van der Waals surface area contributed by atoms with Crippen LogP contribution >= 0.6 is 0 Å². The largest absolute Gasteiger partial charge is 0.380 e. The quantitative estimate of drug-likeness (QED) is 0.164. The number of imide groups is 1. The first-order chi connectivity index (χ1) is 27.2. The predicted molar refractivity (Wildman–Crippen MR) is 236 cm³/mol. The van der Waals surface area contributed by atoms with Gasteiger partial charge in [-0.2, -0.15) is 9.59 Å². The molecule has 4 amide bonds. The van der Waals surface area contributed by atoms with Crippen LogP contribution in [0.4, 0.5) is 0 Å². The summed E-state index contributed by atoms with van der Waals surface area (Å²) in [6.45, 7) is 36.1. The van der Waals surface area contributed by atoms with Gasteiger partial charge in [0.1, 0.15) is 18.1 Å². The van der Waals surface area contributed by atoms with E-state index in [4.69, 9.17) is 31.5 Å². The summed E-state index contributed by atoms with van der Waals surface area (Å²) in [7, 11) is 1.59. The monoisotopic (exact) mass is 869 g/mol. The fourth-order valence-electron chi connectivity index (χ4n) is 5.85. The average Bonchev–Trinajstić information content (AvgIpc) is 3.40. The van der Waals surface area contributed by atoms with Crippen molar-refractivity contribution in [2.45, 2.75) is 169 Å². The van der Waals surface area contributed by atoms with E-state index >= 15 is 0 Å². The number of ether oxygens (including phenoxy) is 1. The van der Waals surface area contributed by atoms with Crippen LogP contribution in [0.15, 0.2) is 0 Å². The van der Waals surface area contributed by atoms with E-state index in [1.165, 1.54) is 0 Å². The standard InChI is InChI=1S/C15H26N2O3.C15H30N2O3.C14H28N2O2.CO2/c1-14(2,3)9-7-11(18)17(13(9)20)10(8-16)12(19)15(4,5)6;1-14(2,3)11(20-7)8-12(18)17-10(9-16)13(19)15(4,5)6;1-9(13(2,3)4)12(18)16-10(8-15)11(17)14(5,6)7;2-1-3/h9-10H,7-8,16H2,1-6H3;10-11H,8-9,16H2,1-7H3,(H,17,18);9-10H,8,15H2,1-7H3,(H,16,18);/t;10-,11?;9?,10-;/m.00./s1. The van der Waals surface area contributed by atoms with Gasteiger partial charge in [0.05, 0.1) is 18.4 Å². The second-order valence-corrected chi connectivity index (χ2v) is 21.9. The van der Waals surface area contributed by atoms with E-state index in [0.29, 0.717) is 0 Å². The van der Waals surface area contributed by atoms with Crippen LogP contribution < -0.4 is 27.8 Å². The predicted octanol–water partition coefficient (Wildman–Crippen LogP) is 3.99. The molecular formula is C45H84N6O10. The zero-order chi connectivity index (χ0) is 49.4. The summed E-state index contributed by atoms with van der Waals surface area (Å²) in [4.78, 5) is 103. The van der Waals surface area contributed by atoms with Crippen LogP contribution in [0.1, 0.15) is 144 Å². The molecule has 354 valence electrons. The molecule has 4 unspecified atom stereocenters. The van der Waals surface area contributed by atoms with Gasteiger partial charge < -0.3 is 32.6 Å². The molecule has 1 heterocycles. The van der Waals surface area contributed by atoms with Crippen LogP contribution in [0.3, 0.4) is 0 Å². The van der Waals surface area contributed by atoms with Crippen molar-refractivity contribution in [2.24, 2.45) is 61.5 Å². The number of methoxy groups -OCH3 is 1. The molecule has 16 nitrogen and oxygen atoms in total. The number of likely N-dealkylation sites (tertiary alicyclic amines) is 1. The van der Waals surface area contributed by atoms with Crippen molar-refractivity contribution >= 4 is 47.1 Å². The zero-order valence-corrected chi connectivity index (χ0v) is 41.3. The third-order valence-corrected chi connectivity index (χ3v) is 10.4. The molecule has 1 aliphatic rings. The Morgan fingerprint density at radius 2 is 1.05 bits per heavy atom. The van der Waals surface area contributed by atoms with Crippen molar-refractivity contribution in [1.82, 2.24) is 15.5 Å². The number of rotatable bonds is 13. The maximum absolute atomic E-state index is 12.5. The Labute approximate surface area is 366 Å². The van der Waals surface area contributed by atoms with Crippen molar-refractivity contribution in [1.29, 1.82) is 0 Å². The van der Waals surface area contributed by atoms with E-state index in [2.05, 4.69) is 10.6 Å². The number of amides is 4. The fourth-order valence-corrected chi connectivity index (χ4v) is 5.85. The summed E-state index contributed by atoms with van der Waals surface area (Å²) in [5.74, 6) is -1.68. The third kappa shape index (κ3) is 21.3. The van der Waals surface area contributed by atoms with Gasteiger partial charge in [-0.1, -0.05) is 132 Å². The molecule has 0 radical (unpaired) electrons. The molecule has 16 heteroatoms. The minimum atomic E-state index is -0.845. The Balaban J connectivity index is -0.000000801. The highest BCUT2D eigenvalue weighted by Gasteiger charge is 2.49. The number of carbonyl (C=O) groups excluding carboxylic acids is 9. The zero-order valence-electron chi connectivity index (χ0n) is 41.3. The van der Waals surface area contributed by atoms with Crippen LogP contribution in [-0.2, 0) is 47.9 Å². The summed E-state index contributed by atoms with van der Waals surface area (Å²) in [6, 6.07) is -2.08. The number of nitrogens with one attached hydrogen (secondary N) is 2. The van der Waals surface area contributed by atoms with Gasteiger partial charge in [0.25, 0.3) is 0 Å². The van der Waals surface area contributed by atoms with Crippen LogP contribution in [0.5, 0.6) is 0 Å². The Morgan fingerprint density at radius 1 is 0.672 bits per heavy atom. The van der Waals surface area contributed by atoms with Crippen LogP contribution in [-0.4, -0.2) is 103 Å². The highest BCUT2D eigenvalue weighted by atomic mass is 16.5. The lowest BCUT2D eigenvalue weighted by Gasteiger charge is -2.31. The lowest BCUT2D eigenvalue weighted by Crippen LogP contribution is -2.53. The Morgan fingerprint density at radius 3 is 1.31 bits per heavy atom. The van der Waals surface area contributed by atoms with Crippen LogP contribution in [0.2, 0.25) is 0 Å². The number of hydrogen-bond acceptors (Lipinski definition) is 13. The van der Waals surface area contributed by atoms with E-state index in [9.17, 15) is 33.6 Å². The molecule has 0 aliphatic carbocycles. The van der Waals surface area contributed by atoms with E-state index in [0.717, 1.165) is 4.90 Å². The van der Waals surface area contributed by atoms with Crippen LogP contribution in [0.25, 0.3) is 0 Å². The number of carbonyl (C=O) groups is 7. The Bertz CT molecular complexity index is 1510. The second-order valence-electron chi connectivity index (χ2n) is 21.9. The summed E-state index contributed by atoms with van der Waals surface area (Å²) in [5, 5.41) is 5.48. The summed E-state index contributed by atoms with van der Waals surface area (Å²) in [6.07, 6.45) is 0.426. The molecule has 0 saturated carbocycles. The van der Waals surface area contributed by atoms with Crippen molar-refractivity contribution in [3.05, 3.63) is 0 Å². The first-order valence-electron chi connectivity index (χ1n) is 20.9. The average molecular weight is 869 g/mol. The molecule has 8 N–H and O–H groups in total. The molecule has 61 heavy (non-hydrogen) atoms. The second kappa shape index (κ2) is 24.8. The summed E-state index contributed by atoms with van der Waals surface area (Å²) >= 11 is 0. The molecule has 1 saturated heterocycles. The van der Waals surface area contributed by atoms with E-state index in [1.54, 1.807) is 27.9 Å². The number of ketones is 3. The lowest BCUT2D eigenvalue weighted by molar-refractivity contribution is -0.191. The molecule has 0 bridgehead atoms. The van der Waals surface area contributed by atoms with Gasteiger partial charge in [-0.3, -0.25) is 38.5 Å². The molecule has 6 atom stereocenters. The Kier molecular flexibility index (Phi) is 25.1. The van der Waals surface area contributed by atoms with Gasteiger partial charge in [-0.25, -0.2) is 0 Å². The van der Waals surface area contributed by atoms with Crippen molar-refractivity contribution in [3.63, 3.8) is 0 Å². The molecule has 0 spiro atoms. The summed E-state index contributed by atoms with van der Waals surface area (Å²) < 4.78 is 5.35. The maximum Gasteiger partial charge on any atom is 0.373 e. The molecule has 0 aromatic carbocycles. The van der Waals surface area contributed by atoms with Gasteiger partial charge in [0.15, 0.2) is 17.3 Å². The van der Waals surface area contributed by atoms with Crippen molar-refractivity contribution in [3.8, 4) is 0 Å². The van der Waals surface area contributed by atoms with Gasteiger partial charge in [0.2, 0.25) is 23.6 Å². The van der Waals surface area contributed by atoms with Crippen LogP contribution in [0, 0.1) is 44.3 Å². The lowest BCUT2D eigenvalue weighted by atomic mass is 9.79. The summed E-state index contributed by atoms with van der Waals surface area (Å²) in [5.41, 5.74) is 14.6. The van der Waals surface area contributed by atoms with Crippen molar-refractivity contribution in [2.75, 3.05) is 26.7 Å². The first-order valence-corrected chi connectivity index (χ1v) is 20.9.